The summed E-state index contributed by atoms with van der Waals surface area (Å²) in [7, 11) is 3.39. The fourth-order valence-electron chi connectivity index (χ4n) is 2.16. The summed E-state index contributed by atoms with van der Waals surface area (Å²) in [5, 5.41) is 6.11. The molecule has 1 aliphatic carbocycles. The first kappa shape index (κ1) is 12.9. The summed E-state index contributed by atoms with van der Waals surface area (Å²) >= 11 is 0. The molecule has 0 saturated heterocycles. The van der Waals surface area contributed by atoms with Crippen LogP contribution < -0.4 is 10.6 Å². The largest absolute Gasteiger partial charge is 0.382 e. The lowest BCUT2D eigenvalue weighted by Crippen LogP contribution is -2.40. The van der Waals surface area contributed by atoms with Crippen molar-refractivity contribution in [3.8, 4) is 0 Å². The average molecular weight is 248 g/mol. The van der Waals surface area contributed by atoms with E-state index in [9.17, 15) is 4.79 Å². The van der Waals surface area contributed by atoms with Crippen molar-refractivity contribution in [1.82, 2.24) is 5.32 Å². The van der Waals surface area contributed by atoms with Crippen LogP contribution in [0.5, 0.6) is 0 Å². The minimum atomic E-state index is -0.0542. The molecular formula is C14H20N2O2. The number of amides is 1. The van der Waals surface area contributed by atoms with Crippen molar-refractivity contribution in [2.24, 2.45) is 0 Å². The van der Waals surface area contributed by atoms with Crippen LogP contribution in [-0.2, 0) is 4.74 Å². The molecule has 0 spiro atoms. The Kier molecular flexibility index (Phi) is 3.87. The number of nitrogens with one attached hydrogen (secondary N) is 2. The Morgan fingerprint density at radius 2 is 2.11 bits per heavy atom. The molecule has 1 aromatic rings. The first-order valence-electron chi connectivity index (χ1n) is 6.26. The summed E-state index contributed by atoms with van der Waals surface area (Å²) in [6.45, 7) is 2.04. The van der Waals surface area contributed by atoms with E-state index in [4.69, 9.17) is 4.74 Å². The van der Waals surface area contributed by atoms with E-state index in [1.165, 1.54) is 0 Å². The van der Waals surface area contributed by atoms with Gasteiger partial charge in [0.05, 0.1) is 6.10 Å². The Morgan fingerprint density at radius 3 is 2.72 bits per heavy atom. The van der Waals surface area contributed by atoms with Crippen LogP contribution in [0.1, 0.15) is 28.8 Å². The zero-order valence-corrected chi connectivity index (χ0v) is 11.1. The van der Waals surface area contributed by atoms with Gasteiger partial charge in [0.2, 0.25) is 0 Å². The summed E-state index contributed by atoms with van der Waals surface area (Å²) in [5.74, 6) is -0.0542. The third-order valence-electron chi connectivity index (χ3n) is 3.51. The minimum absolute atomic E-state index is 0.0542. The van der Waals surface area contributed by atoms with Crippen LogP contribution in [0.25, 0.3) is 0 Å². The van der Waals surface area contributed by atoms with E-state index in [0.717, 1.165) is 24.1 Å². The van der Waals surface area contributed by atoms with Gasteiger partial charge in [0, 0.05) is 31.5 Å². The van der Waals surface area contributed by atoms with E-state index in [-0.39, 0.29) is 5.91 Å². The van der Waals surface area contributed by atoms with Gasteiger partial charge in [-0.15, -0.1) is 0 Å². The number of carbonyl (C=O) groups is 1. The van der Waals surface area contributed by atoms with Crippen molar-refractivity contribution in [2.45, 2.75) is 31.9 Å². The van der Waals surface area contributed by atoms with Gasteiger partial charge in [-0.25, -0.2) is 0 Å². The molecule has 0 atom stereocenters. The SMILES string of the molecule is CNC(=O)c1ccc(C)c(NC2CC(OC)C2)c1. The van der Waals surface area contributed by atoms with Crippen LogP contribution in [0.4, 0.5) is 5.69 Å². The van der Waals surface area contributed by atoms with Gasteiger partial charge in [-0.3, -0.25) is 4.79 Å². The van der Waals surface area contributed by atoms with E-state index < -0.39 is 0 Å². The number of methoxy groups -OCH3 is 1. The zero-order chi connectivity index (χ0) is 13.1. The molecule has 1 aromatic carbocycles. The molecule has 2 rings (SSSR count). The molecule has 1 saturated carbocycles. The number of aryl methyl sites for hydroxylation is 1. The highest BCUT2D eigenvalue weighted by Crippen LogP contribution is 2.28. The first-order chi connectivity index (χ1) is 8.63. The molecule has 4 heteroatoms. The fourth-order valence-corrected chi connectivity index (χ4v) is 2.16. The van der Waals surface area contributed by atoms with Crippen molar-refractivity contribution in [3.05, 3.63) is 29.3 Å². The van der Waals surface area contributed by atoms with E-state index in [0.29, 0.717) is 17.7 Å². The number of benzene rings is 1. The molecule has 2 N–H and O–H groups in total. The lowest BCUT2D eigenvalue weighted by atomic mass is 9.89. The van der Waals surface area contributed by atoms with Gasteiger partial charge < -0.3 is 15.4 Å². The van der Waals surface area contributed by atoms with Crippen molar-refractivity contribution >= 4 is 11.6 Å². The molecule has 1 amide bonds. The van der Waals surface area contributed by atoms with Gasteiger partial charge in [-0.05, 0) is 37.5 Å². The Morgan fingerprint density at radius 1 is 1.39 bits per heavy atom. The predicted molar refractivity (Wildman–Crippen MR) is 72.0 cm³/mol. The molecule has 0 unspecified atom stereocenters. The molecular weight excluding hydrogens is 228 g/mol. The number of rotatable bonds is 4. The molecule has 0 heterocycles. The van der Waals surface area contributed by atoms with Crippen LogP contribution in [0, 0.1) is 6.92 Å². The quantitative estimate of drug-likeness (QED) is 0.856. The second-order valence-corrected chi connectivity index (χ2v) is 4.78. The van der Waals surface area contributed by atoms with Crippen molar-refractivity contribution in [1.29, 1.82) is 0 Å². The fraction of sp³-hybridized carbons (Fsp3) is 0.500. The molecule has 0 aliphatic heterocycles. The molecule has 98 valence electrons. The number of anilines is 1. The van der Waals surface area contributed by atoms with Gasteiger partial charge in [-0.1, -0.05) is 6.07 Å². The standard InChI is InChI=1S/C14H20N2O2/c1-9-4-5-10(14(17)15-2)6-13(9)16-11-7-12(8-11)18-3/h4-6,11-12,16H,7-8H2,1-3H3,(H,15,17). The van der Waals surface area contributed by atoms with Crippen molar-refractivity contribution in [3.63, 3.8) is 0 Å². The monoisotopic (exact) mass is 248 g/mol. The highest BCUT2D eigenvalue weighted by molar-refractivity contribution is 5.95. The molecule has 18 heavy (non-hydrogen) atoms. The van der Waals surface area contributed by atoms with Gasteiger partial charge >= 0.3 is 0 Å². The summed E-state index contributed by atoms with van der Waals surface area (Å²) in [4.78, 5) is 11.6. The average Bonchev–Trinajstić information content (AvgIpc) is 2.34. The Bertz CT molecular complexity index is 439. The highest BCUT2D eigenvalue weighted by atomic mass is 16.5. The smallest absolute Gasteiger partial charge is 0.251 e. The number of ether oxygens (including phenoxy) is 1. The maximum atomic E-state index is 11.6. The molecule has 0 bridgehead atoms. The lowest BCUT2D eigenvalue weighted by Gasteiger charge is -2.35. The van der Waals surface area contributed by atoms with E-state index >= 15 is 0 Å². The van der Waals surface area contributed by atoms with Crippen molar-refractivity contribution < 1.29 is 9.53 Å². The highest BCUT2D eigenvalue weighted by Gasteiger charge is 2.29. The normalized spacial score (nSPS) is 22.2. The summed E-state index contributed by atoms with van der Waals surface area (Å²) in [6.07, 6.45) is 2.44. The summed E-state index contributed by atoms with van der Waals surface area (Å²) in [6, 6.07) is 6.18. The zero-order valence-electron chi connectivity index (χ0n) is 11.1. The third kappa shape index (κ3) is 2.64. The second-order valence-electron chi connectivity index (χ2n) is 4.78. The van der Waals surface area contributed by atoms with Gasteiger partial charge in [0.25, 0.3) is 5.91 Å². The number of hydrogen-bond acceptors (Lipinski definition) is 3. The second kappa shape index (κ2) is 5.40. The molecule has 4 nitrogen and oxygen atoms in total. The topological polar surface area (TPSA) is 50.4 Å². The van der Waals surface area contributed by atoms with Crippen LogP contribution >= 0.6 is 0 Å². The predicted octanol–water partition coefficient (Wildman–Crippen LogP) is 1.94. The molecule has 1 aliphatic rings. The van der Waals surface area contributed by atoms with E-state index in [1.54, 1.807) is 14.2 Å². The lowest BCUT2D eigenvalue weighted by molar-refractivity contribution is 0.0328. The van der Waals surface area contributed by atoms with Crippen LogP contribution in [0.3, 0.4) is 0 Å². The molecule has 0 aromatic heterocycles. The van der Waals surface area contributed by atoms with E-state index in [2.05, 4.69) is 10.6 Å². The Hall–Kier alpha value is -1.55. The van der Waals surface area contributed by atoms with E-state index in [1.807, 2.05) is 25.1 Å². The molecule has 0 radical (unpaired) electrons. The minimum Gasteiger partial charge on any atom is -0.382 e. The summed E-state index contributed by atoms with van der Waals surface area (Å²) < 4.78 is 5.26. The third-order valence-corrected chi connectivity index (χ3v) is 3.51. The van der Waals surface area contributed by atoms with Crippen molar-refractivity contribution in [2.75, 3.05) is 19.5 Å². The maximum absolute atomic E-state index is 11.6. The van der Waals surface area contributed by atoms with Gasteiger partial charge in [0.1, 0.15) is 0 Å². The number of carbonyl (C=O) groups excluding carboxylic acids is 1. The van der Waals surface area contributed by atoms with Crippen LogP contribution in [0.2, 0.25) is 0 Å². The van der Waals surface area contributed by atoms with Crippen LogP contribution in [-0.4, -0.2) is 32.2 Å². The molecule has 1 fully saturated rings. The van der Waals surface area contributed by atoms with Gasteiger partial charge in [0.15, 0.2) is 0 Å². The Balaban J connectivity index is 2.05. The summed E-state index contributed by atoms with van der Waals surface area (Å²) in [5.41, 5.74) is 2.88. The Labute approximate surface area is 108 Å². The number of hydrogen-bond donors (Lipinski definition) is 2. The van der Waals surface area contributed by atoms with Crippen LogP contribution in [0.15, 0.2) is 18.2 Å². The maximum Gasteiger partial charge on any atom is 0.251 e. The first-order valence-corrected chi connectivity index (χ1v) is 6.26. The van der Waals surface area contributed by atoms with Gasteiger partial charge in [-0.2, -0.15) is 0 Å².